The summed E-state index contributed by atoms with van der Waals surface area (Å²) in [6.45, 7) is 2.31. The van der Waals surface area contributed by atoms with Crippen LogP contribution in [0.4, 0.5) is 5.69 Å². The first-order valence-electron chi connectivity index (χ1n) is 7.36. The Bertz CT molecular complexity index is 472. The fourth-order valence-corrected chi connectivity index (χ4v) is 1.73. The molecule has 0 saturated heterocycles. The summed E-state index contributed by atoms with van der Waals surface area (Å²) in [5, 5.41) is 2.80. The molecule has 1 aromatic carbocycles. The number of nitrogens with one attached hydrogen (secondary N) is 1. The first-order valence-corrected chi connectivity index (χ1v) is 7.36. The summed E-state index contributed by atoms with van der Waals surface area (Å²) in [5.41, 5.74) is 6.33. The third-order valence-electron chi connectivity index (χ3n) is 2.99. The second-order valence-corrected chi connectivity index (χ2v) is 5.12. The minimum absolute atomic E-state index is 0.0199. The Labute approximate surface area is 131 Å². The largest absolute Gasteiger partial charge is 0.494 e. The number of methoxy groups -OCH3 is 1. The number of carbonyl (C=O) groups is 2. The van der Waals surface area contributed by atoms with Crippen LogP contribution in [0.25, 0.3) is 0 Å². The lowest BCUT2D eigenvalue weighted by Gasteiger charge is -2.09. The van der Waals surface area contributed by atoms with Gasteiger partial charge in [-0.15, -0.1) is 0 Å². The number of hydrogen-bond acceptors (Lipinski definition) is 5. The molecule has 0 saturated carbocycles. The molecule has 3 N–H and O–H groups in total. The van der Waals surface area contributed by atoms with Crippen LogP contribution in [0.3, 0.4) is 0 Å². The number of benzene rings is 1. The number of hydrogen-bond donors (Lipinski definition) is 2. The topological polar surface area (TPSA) is 90.6 Å². The zero-order valence-corrected chi connectivity index (χ0v) is 13.1. The Morgan fingerprint density at radius 3 is 2.50 bits per heavy atom. The maximum absolute atomic E-state index is 11.7. The van der Waals surface area contributed by atoms with Crippen molar-refractivity contribution in [1.29, 1.82) is 0 Å². The second kappa shape index (κ2) is 9.78. The maximum atomic E-state index is 11.7. The third-order valence-corrected chi connectivity index (χ3v) is 2.99. The van der Waals surface area contributed by atoms with Gasteiger partial charge in [-0.25, -0.2) is 0 Å². The molecule has 0 aliphatic rings. The van der Waals surface area contributed by atoms with Crippen LogP contribution in [-0.4, -0.2) is 31.6 Å². The summed E-state index contributed by atoms with van der Waals surface area (Å²) in [6.07, 6.45) is 2.00. The quantitative estimate of drug-likeness (QED) is 0.538. The van der Waals surface area contributed by atoms with E-state index in [1.807, 2.05) is 6.92 Å². The minimum Gasteiger partial charge on any atom is -0.494 e. The molecule has 1 amide bonds. The third kappa shape index (κ3) is 7.64. The highest BCUT2D eigenvalue weighted by Gasteiger charge is 2.05. The van der Waals surface area contributed by atoms with Crippen molar-refractivity contribution in [1.82, 2.24) is 0 Å². The van der Waals surface area contributed by atoms with E-state index in [0.717, 1.165) is 5.69 Å². The van der Waals surface area contributed by atoms with Gasteiger partial charge < -0.3 is 20.5 Å². The van der Waals surface area contributed by atoms with Gasteiger partial charge in [0, 0.05) is 24.6 Å². The number of nitrogens with two attached hydrogens (primary N) is 1. The molecule has 6 nitrogen and oxygen atoms in total. The first kappa shape index (κ1) is 18.0. The van der Waals surface area contributed by atoms with Crippen molar-refractivity contribution < 1.29 is 19.1 Å². The smallest absolute Gasteiger partial charge is 0.305 e. The molecule has 122 valence electrons. The summed E-state index contributed by atoms with van der Waals surface area (Å²) in [6, 6.07) is 7.13. The van der Waals surface area contributed by atoms with Gasteiger partial charge in [0.15, 0.2) is 0 Å². The summed E-state index contributed by atoms with van der Waals surface area (Å²) in [5.74, 6) is 0.399. The summed E-state index contributed by atoms with van der Waals surface area (Å²) >= 11 is 0. The molecule has 0 aliphatic carbocycles. The Balaban J connectivity index is 2.30. The van der Waals surface area contributed by atoms with Gasteiger partial charge in [0.2, 0.25) is 5.91 Å². The zero-order valence-electron chi connectivity index (χ0n) is 13.1. The van der Waals surface area contributed by atoms with E-state index in [0.29, 0.717) is 38.0 Å². The van der Waals surface area contributed by atoms with E-state index in [-0.39, 0.29) is 17.9 Å². The molecule has 1 aromatic rings. The number of esters is 1. The highest BCUT2D eigenvalue weighted by molar-refractivity contribution is 5.90. The van der Waals surface area contributed by atoms with E-state index in [1.165, 1.54) is 7.11 Å². The molecule has 0 bridgehead atoms. The molecule has 0 spiro atoms. The second-order valence-electron chi connectivity index (χ2n) is 5.12. The van der Waals surface area contributed by atoms with Crippen LogP contribution < -0.4 is 15.8 Å². The van der Waals surface area contributed by atoms with Gasteiger partial charge in [0.25, 0.3) is 0 Å². The van der Waals surface area contributed by atoms with Gasteiger partial charge >= 0.3 is 5.97 Å². The minimum atomic E-state index is -0.242. The molecule has 0 fully saturated rings. The fourth-order valence-electron chi connectivity index (χ4n) is 1.73. The first-order chi connectivity index (χ1) is 10.5. The van der Waals surface area contributed by atoms with E-state index >= 15 is 0 Å². The number of ether oxygens (including phenoxy) is 2. The highest BCUT2D eigenvalue weighted by atomic mass is 16.5. The molecule has 0 radical (unpaired) electrons. The van der Waals surface area contributed by atoms with E-state index in [2.05, 4.69) is 10.1 Å². The van der Waals surface area contributed by atoms with Crippen LogP contribution in [-0.2, 0) is 14.3 Å². The van der Waals surface area contributed by atoms with Crippen molar-refractivity contribution in [3.8, 4) is 5.75 Å². The van der Waals surface area contributed by atoms with Crippen LogP contribution in [0.2, 0.25) is 0 Å². The molecule has 0 aromatic heterocycles. The molecular formula is C16H24N2O4. The van der Waals surface area contributed by atoms with Crippen LogP contribution in [0, 0.1) is 0 Å². The van der Waals surface area contributed by atoms with Crippen molar-refractivity contribution in [3.05, 3.63) is 24.3 Å². The lowest BCUT2D eigenvalue weighted by atomic mass is 10.2. The molecular weight excluding hydrogens is 284 g/mol. The Morgan fingerprint density at radius 2 is 1.91 bits per heavy atom. The van der Waals surface area contributed by atoms with E-state index in [1.54, 1.807) is 24.3 Å². The van der Waals surface area contributed by atoms with Crippen molar-refractivity contribution in [2.75, 3.05) is 19.0 Å². The van der Waals surface area contributed by atoms with Crippen molar-refractivity contribution in [3.63, 3.8) is 0 Å². The lowest BCUT2D eigenvalue weighted by Crippen LogP contribution is -2.19. The average Bonchev–Trinajstić information content (AvgIpc) is 2.50. The zero-order chi connectivity index (χ0) is 16.4. The van der Waals surface area contributed by atoms with Crippen molar-refractivity contribution >= 4 is 17.6 Å². The normalized spacial score (nSPS) is 11.6. The Kier molecular flexibility index (Phi) is 7.99. The van der Waals surface area contributed by atoms with Gasteiger partial charge in [-0.1, -0.05) is 0 Å². The predicted molar refractivity (Wildman–Crippen MR) is 84.7 cm³/mol. The number of rotatable bonds is 9. The van der Waals surface area contributed by atoms with Crippen molar-refractivity contribution in [2.45, 2.75) is 38.6 Å². The highest BCUT2D eigenvalue weighted by Crippen LogP contribution is 2.16. The van der Waals surface area contributed by atoms with Gasteiger partial charge in [-0.2, -0.15) is 0 Å². The predicted octanol–water partition coefficient (Wildman–Crippen LogP) is 2.08. The van der Waals surface area contributed by atoms with Crippen LogP contribution in [0.1, 0.15) is 32.6 Å². The number of amides is 1. The monoisotopic (exact) mass is 308 g/mol. The molecule has 0 heterocycles. The Hall–Kier alpha value is -2.08. The summed E-state index contributed by atoms with van der Waals surface area (Å²) in [7, 11) is 1.37. The van der Waals surface area contributed by atoms with E-state index in [4.69, 9.17) is 10.5 Å². The van der Waals surface area contributed by atoms with Crippen LogP contribution >= 0.6 is 0 Å². The molecule has 1 atom stereocenters. The van der Waals surface area contributed by atoms with Crippen LogP contribution in [0.5, 0.6) is 5.75 Å². The van der Waals surface area contributed by atoms with Crippen LogP contribution in [0.15, 0.2) is 24.3 Å². The maximum Gasteiger partial charge on any atom is 0.305 e. The van der Waals surface area contributed by atoms with Gasteiger partial charge in [-0.05, 0) is 44.0 Å². The Morgan fingerprint density at radius 1 is 1.23 bits per heavy atom. The fraction of sp³-hybridized carbons (Fsp3) is 0.500. The molecule has 0 aliphatic heterocycles. The molecule has 6 heteroatoms. The molecule has 1 rings (SSSR count). The summed E-state index contributed by atoms with van der Waals surface area (Å²) in [4.78, 5) is 22.6. The average molecular weight is 308 g/mol. The summed E-state index contributed by atoms with van der Waals surface area (Å²) < 4.78 is 10.1. The van der Waals surface area contributed by atoms with Crippen molar-refractivity contribution in [2.24, 2.45) is 5.73 Å². The number of anilines is 1. The molecule has 22 heavy (non-hydrogen) atoms. The van der Waals surface area contributed by atoms with Gasteiger partial charge in [-0.3, -0.25) is 9.59 Å². The standard InChI is InChI=1S/C16H24N2O4/c1-12(17)5-10-15(19)18-13-6-8-14(9-7-13)22-11-3-4-16(20)21-2/h6-9,12H,3-5,10-11,17H2,1-2H3,(H,18,19). The number of carbonyl (C=O) groups excluding carboxylic acids is 2. The molecule has 1 unspecified atom stereocenters. The van der Waals surface area contributed by atoms with Gasteiger partial charge in [0.05, 0.1) is 13.7 Å². The lowest BCUT2D eigenvalue weighted by molar-refractivity contribution is -0.140. The van der Waals surface area contributed by atoms with E-state index < -0.39 is 0 Å². The SMILES string of the molecule is COC(=O)CCCOc1ccc(NC(=O)CCC(C)N)cc1. The van der Waals surface area contributed by atoms with Gasteiger partial charge in [0.1, 0.15) is 5.75 Å². The van der Waals surface area contributed by atoms with E-state index in [9.17, 15) is 9.59 Å².